The smallest absolute Gasteiger partial charge is 0.0928 e. The minimum Gasteiger partial charge on any atom is -0.386 e. The van der Waals surface area contributed by atoms with Crippen LogP contribution in [0.3, 0.4) is 0 Å². The van der Waals surface area contributed by atoms with E-state index >= 15 is 0 Å². The van der Waals surface area contributed by atoms with Crippen molar-refractivity contribution in [2.45, 2.75) is 38.4 Å². The van der Waals surface area contributed by atoms with E-state index in [9.17, 15) is 5.11 Å². The lowest BCUT2D eigenvalue weighted by Gasteiger charge is -2.41. The summed E-state index contributed by atoms with van der Waals surface area (Å²) in [5.41, 5.74) is 1.07. The Morgan fingerprint density at radius 2 is 1.93 bits per heavy atom. The number of ether oxygens (including phenoxy) is 1. The zero-order chi connectivity index (χ0) is 11.1. The van der Waals surface area contributed by atoms with E-state index in [0.717, 1.165) is 24.2 Å². The number of hydrogen-bond donors (Lipinski definition) is 1. The molecule has 1 aliphatic heterocycles. The SMILES string of the molecule is CC(C)(O)c1ccccc1C1(C)CCO1. The van der Waals surface area contributed by atoms with E-state index in [1.165, 1.54) is 0 Å². The van der Waals surface area contributed by atoms with Crippen LogP contribution in [-0.4, -0.2) is 11.7 Å². The second kappa shape index (κ2) is 3.32. The zero-order valence-corrected chi connectivity index (χ0v) is 9.58. The molecule has 2 rings (SSSR count). The van der Waals surface area contributed by atoms with Gasteiger partial charge in [-0.05, 0) is 31.9 Å². The van der Waals surface area contributed by atoms with Gasteiger partial charge in [0.2, 0.25) is 0 Å². The Balaban J connectivity index is 2.47. The molecule has 82 valence electrons. The summed E-state index contributed by atoms with van der Waals surface area (Å²) in [4.78, 5) is 0. The lowest BCUT2D eigenvalue weighted by atomic mass is 9.81. The lowest BCUT2D eigenvalue weighted by Crippen LogP contribution is -2.40. The first-order valence-electron chi connectivity index (χ1n) is 5.40. The molecule has 0 amide bonds. The first-order valence-corrected chi connectivity index (χ1v) is 5.40. The maximum absolute atomic E-state index is 10.1. The molecule has 1 aromatic carbocycles. The summed E-state index contributed by atoms with van der Waals surface area (Å²) >= 11 is 0. The molecular weight excluding hydrogens is 188 g/mol. The van der Waals surface area contributed by atoms with E-state index in [1.54, 1.807) is 0 Å². The number of rotatable bonds is 2. The topological polar surface area (TPSA) is 29.5 Å². The fourth-order valence-corrected chi connectivity index (χ4v) is 2.10. The Labute approximate surface area is 90.9 Å². The zero-order valence-electron chi connectivity index (χ0n) is 9.58. The predicted molar refractivity (Wildman–Crippen MR) is 59.6 cm³/mol. The molecule has 0 radical (unpaired) electrons. The molecule has 1 N–H and O–H groups in total. The van der Waals surface area contributed by atoms with Crippen LogP contribution in [-0.2, 0) is 15.9 Å². The number of benzene rings is 1. The highest BCUT2D eigenvalue weighted by atomic mass is 16.5. The van der Waals surface area contributed by atoms with Crippen LogP contribution >= 0.6 is 0 Å². The van der Waals surface area contributed by atoms with Crippen molar-refractivity contribution in [2.24, 2.45) is 0 Å². The van der Waals surface area contributed by atoms with E-state index < -0.39 is 5.60 Å². The van der Waals surface area contributed by atoms with Crippen LogP contribution in [0, 0.1) is 0 Å². The standard InChI is InChI=1S/C13H18O2/c1-12(2,14)10-6-4-5-7-11(10)13(3)8-9-15-13/h4-7,14H,8-9H2,1-3H3. The monoisotopic (exact) mass is 206 g/mol. The van der Waals surface area contributed by atoms with E-state index in [1.807, 2.05) is 38.1 Å². The van der Waals surface area contributed by atoms with Gasteiger partial charge in [-0.1, -0.05) is 24.3 Å². The van der Waals surface area contributed by atoms with Crippen molar-refractivity contribution >= 4 is 0 Å². The lowest BCUT2D eigenvalue weighted by molar-refractivity contribution is -0.142. The van der Waals surface area contributed by atoms with Crippen LogP contribution in [0.5, 0.6) is 0 Å². The first-order chi connectivity index (χ1) is 6.93. The van der Waals surface area contributed by atoms with Gasteiger partial charge in [-0.3, -0.25) is 0 Å². The van der Waals surface area contributed by atoms with Gasteiger partial charge >= 0.3 is 0 Å². The van der Waals surface area contributed by atoms with Crippen LogP contribution in [0.25, 0.3) is 0 Å². The van der Waals surface area contributed by atoms with E-state index in [4.69, 9.17) is 4.74 Å². The maximum atomic E-state index is 10.1. The Hall–Kier alpha value is -0.860. The van der Waals surface area contributed by atoms with Crippen molar-refractivity contribution < 1.29 is 9.84 Å². The molecule has 1 aromatic rings. The van der Waals surface area contributed by atoms with Crippen LogP contribution in [0.2, 0.25) is 0 Å². The van der Waals surface area contributed by atoms with Crippen LogP contribution in [0.15, 0.2) is 24.3 Å². The highest BCUT2D eigenvalue weighted by molar-refractivity contribution is 5.36. The van der Waals surface area contributed by atoms with Crippen LogP contribution < -0.4 is 0 Å². The van der Waals surface area contributed by atoms with Crippen molar-refractivity contribution in [2.75, 3.05) is 6.61 Å². The summed E-state index contributed by atoms with van der Waals surface area (Å²) in [6, 6.07) is 7.98. The van der Waals surface area contributed by atoms with Crippen molar-refractivity contribution in [3.05, 3.63) is 35.4 Å². The third kappa shape index (κ3) is 1.80. The molecule has 0 aromatic heterocycles. The average Bonchev–Trinajstić information content (AvgIpc) is 2.13. The minimum atomic E-state index is -0.807. The summed E-state index contributed by atoms with van der Waals surface area (Å²) in [7, 11) is 0. The normalized spacial score (nSPS) is 26.1. The van der Waals surface area contributed by atoms with Crippen LogP contribution in [0.4, 0.5) is 0 Å². The molecule has 1 fully saturated rings. The second-order valence-corrected chi connectivity index (χ2v) is 4.93. The molecule has 1 aliphatic rings. The quantitative estimate of drug-likeness (QED) is 0.805. The second-order valence-electron chi connectivity index (χ2n) is 4.93. The third-order valence-electron chi connectivity index (χ3n) is 3.16. The molecule has 0 saturated carbocycles. The summed E-state index contributed by atoms with van der Waals surface area (Å²) in [5, 5.41) is 10.1. The molecule has 0 aliphatic carbocycles. The molecule has 1 saturated heterocycles. The molecule has 2 heteroatoms. The molecule has 0 bridgehead atoms. The molecule has 1 atom stereocenters. The first kappa shape index (κ1) is 10.7. The minimum absolute atomic E-state index is 0.198. The maximum Gasteiger partial charge on any atom is 0.0928 e. The largest absolute Gasteiger partial charge is 0.386 e. The molecule has 1 heterocycles. The van der Waals surface area contributed by atoms with Gasteiger partial charge in [-0.25, -0.2) is 0 Å². The fraction of sp³-hybridized carbons (Fsp3) is 0.538. The number of aliphatic hydroxyl groups is 1. The van der Waals surface area contributed by atoms with Gasteiger partial charge in [0.25, 0.3) is 0 Å². The van der Waals surface area contributed by atoms with Gasteiger partial charge in [0.1, 0.15) is 0 Å². The molecule has 1 unspecified atom stereocenters. The molecule has 0 spiro atoms. The number of hydrogen-bond acceptors (Lipinski definition) is 2. The summed E-state index contributed by atoms with van der Waals surface area (Å²) in [6.07, 6.45) is 1.03. The van der Waals surface area contributed by atoms with Gasteiger partial charge in [0.15, 0.2) is 0 Å². The van der Waals surface area contributed by atoms with E-state index in [2.05, 4.69) is 6.92 Å². The Kier molecular flexibility index (Phi) is 2.36. The summed E-state index contributed by atoms with van der Waals surface area (Å²) in [6.45, 7) is 6.53. The third-order valence-corrected chi connectivity index (χ3v) is 3.16. The molecular formula is C13H18O2. The fourth-order valence-electron chi connectivity index (χ4n) is 2.10. The predicted octanol–water partition coefficient (Wildman–Crippen LogP) is 2.55. The van der Waals surface area contributed by atoms with E-state index in [-0.39, 0.29) is 5.60 Å². The molecule has 2 nitrogen and oxygen atoms in total. The van der Waals surface area contributed by atoms with Crippen LogP contribution in [0.1, 0.15) is 38.3 Å². The molecule has 15 heavy (non-hydrogen) atoms. The van der Waals surface area contributed by atoms with Gasteiger partial charge in [-0.2, -0.15) is 0 Å². The van der Waals surface area contributed by atoms with Gasteiger partial charge in [-0.15, -0.1) is 0 Å². The summed E-state index contributed by atoms with van der Waals surface area (Å²) in [5.74, 6) is 0. The van der Waals surface area contributed by atoms with Crippen molar-refractivity contribution in [1.29, 1.82) is 0 Å². The van der Waals surface area contributed by atoms with Gasteiger partial charge < -0.3 is 9.84 Å². The Bertz CT molecular complexity index is 359. The highest BCUT2D eigenvalue weighted by Gasteiger charge is 2.38. The van der Waals surface area contributed by atoms with Gasteiger partial charge in [0, 0.05) is 6.42 Å². The van der Waals surface area contributed by atoms with Crippen molar-refractivity contribution in [3.8, 4) is 0 Å². The Morgan fingerprint density at radius 3 is 2.40 bits per heavy atom. The van der Waals surface area contributed by atoms with E-state index in [0.29, 0.717) is 0 Å². The van der Waals surface area contributed by atoms with Crippen molar-refractivity contribution in [3.63, 3.8) is 0 Å². The Morgan fingerprint density at radius 1 is 1.33 bits per heavy atom. The average molecular weight is 206 g/mol. The highest BCUT2D eigenvalue weighted by Crippen LogP contribution is 2.41. The summed E-state index contributed by atoms with van der Waals surface area (Å²) < 4.78 is 5.63. The van der Waals surface area contributed by atoms with Crippen molar-refractivity contribution in [1.82, 2.24) is 0 Å². The van der Waals surface area contributed by atoms with Gasteiger partial charge in [0.05, 0.1) is 17.8 Å².